The van der Waals surface area contributed by atoms with Crippen molar-refractivity contribution in [2.24, 2.45) is 0 Å². The third kappa shape index (κ3) is 2.40. The molecule has 1 aromatic carbocycles. The van der Waals surface area contributed by atoms with Crippen LogP contribution in [0.5, 0.6) is 5.75 Å². The van der Waals surface area contributed by atoms with Gasteiger partial charge in [0.2, 0.25) is 0 Å². The fourth-order valence-corrected chi connectivity index (χ4v) is 1.77. The van der Waals surface area contributed by atoms with Crippen LogP contribution in [0.2, 0.25) is 0 Å². The van der Waals surface area contributed by atoms with Gasteiger partial charge in [0.1, 0.15) is 18.0 Å². The Kier molecular flexibility index (Phi) is 3.04. The molecule has 1 heterocycles. The fourth-order valence-electron chi connectivity index (χ4n) is 1.77. The highest BCUT2D eigenvalue weighted by Gasteiger charge is 2.36. The maximum atomic E-state index is 11.7. The average molecular weight is 237 g/mol. The van der Waals surface area contributed by atoms with E-state index in [1.54, 1.807) is 25.1 Å². The molecule has 2 N–H and O–H groups in total. The summed E-state index contributed by atoms with van der Waals surface area (Å²) in [6, 6.07) is 6.46. The van der Waals surface area contributed by atoms with E-state index in [2.05, 4.69) is 0 Å². The van der Waals surface area contributed by atoms with Gasteiger partial charge in [0.25, 0.3) is 5.91 Å². The number of rotatable bonds is 2. The molecule has 0 aromatic heterocycles. The first-order valence-corrected chi connectivity index (χ1v) is 5.38. The second-order valence-corrected chi connectivity index (χ2v) is 4.40. The average Bonchev–Trinajstić information content (AvgIpc) is 2.33. The van der Waals surface area contributed by atoms with Crippen molar-refractivity contribution in [3.63, 3.8) is 0 Å². The molecule has 0 aliphatic carbocycles. The van der Waals surface area contributed by atoms with Crippen LogP contribution in [0.3, 0.4) is 0 Å². The van der Waals surface area contributed by atoms with Crippen molar-refractivity contribution in [3.8, 4) is 5.75 Å². The molecule has 1 aromatic rings. The fraction of sp³-hybridized carbons (Fsp3) is 0.417. The first-order valence-electron chi connectivity index (χ1n) is 5.38. The summed E-state index contributed by atoms with van der Waals surface area (Å²) in [7, 11) is 0. The number of morpholine rings is 1. The smallest absolute Gasteiger partial charge is 0.253 e. The summed E-state index contributed by atoms with van der Waals surface area (Å²) in [4.78, 5) is 13.3. The van der Waals surface area contributed by atoms with Gasteiger partial charge < -0.3 is 19.8 Å². The zero-order chi connectivity index (χ0) is 12.5. The molecule has 1 aliphatic heterocycles. The molecule has 1 saturated heterocycles. The quantitative estimate of drug-likeness (QED) is 0.786. The zero-order valence-electron chi connectivity index (χ0n) is 9.59. The van der Waals surface area contributed by atoms with Gasteiger partial charge in [-0.2, -0.15) is 0 Å². The Morgan fingerprint density at radius 1 is 1.53 bits per heavy atom. The van der Waals surface area contributed by atoms with Gasteiger partial charge in [-0.1, -0.05) is 6.07 Å². The molecule has 5 nitrogen and oxygen atoms in total. The van der Waals surface area contributed by atoms with Crippen LogP contribution in [0, 0.1) is 0 Å². The molecule has 0 radical (unpaired) electrons. The molecule has 1 aliphatic rings. The van der Waals surface area contributed by atoms with E-state index >= 15 is 0 Å². The molecule has 5 heteroatoms. The minimum atomic E-state index is -0.751. The van der Waals surface area contributed by atoms with Gasteiger partial charge in [-0.3, -0.25) is 4.79 Å². The molecule has 0 spiro atoms. The van der Waals surface area contributed by atoms with Gasteiger partial charge in [-0.05, 0) is 19.1 Å². The van der Waals surface area contributed by atoms with Crippen molar-refractivity contribution in [1.82, 2.24) is 0 Å². The van der Waals surface area contributed by atoms with E-state index in [0.29, 0.717) is 5.69 Å². The Labute approximate surface area is 99.2 Å². The number of aliphatic hydroxyl groups excluding tert-OH is 1. The number of hydrogen-bond donors (Lipinski definition) is 2. The predicted octanol–water partition coefficient (Wildman–Crippen LogP) is 0.506. The van der Waals surface area contributed by atoms with E-state index < -0.39 is 5.60 Å². The molecule has 1 amide bonds. The van der Waals surface area contributed by atoms with Crippen molar-refractivity contribution < 1.29 is 19.7 Å². The van der Waals surface area contributed by atoms with Crippen LogP contribution >= 0.6 is 0 Å². The second-order valence-electron chi connectivity index (χ2n) is 4.40. The van der Waals surface area contributed by atoms with E-state index in [1.165, 1.54) is 11.0 Å². The Bertz CT molecular complexity index is 434. The van der Waals surface area contributed by atoms with Crippen LogP contribution in [0.4, 0.5) is 5.69 Å². The lowest BCUT2D eigenvalue weighted by Crippen LogP contribution is -2.55. The maximum Gasteiger partial charge on any atom is 0.253 e. The molecule has 1 atom stereocenters. The predicted molar refractivity (Wildman–Crippen MR) is 61.9 cm³/mol. The Hall–Kier alpha value is -1.59. The van der Waals surface area contributed by atoms with E-state index in [4.69, 9.17) is 4.74 Å². The third-order valence-corrected chi connectivity index (χ3v) is 2.81. The number of benzene rings is 1. The standard InChI is InChI=1S/C12H15NO4/c1-12(8-14)7-13(11(16)6-17-12)9-3-2-4-10(15)5-9/h2-5,14-15H,6-8H2,1H3. The zero-order valence-corrected chi connectivity index (χ0v) is 9.59. The number of aromatic hydroxyl groups is 1. The highest BCUT2D eigenvalue weighted by atomic mass is 16.5. The first-order chi connectivity index (χ1) is 8.04. The van der Waals surface area contributed by atoms with Gasteiger partial charge in [0, 0.05) is 11.8 Å². The van der Waals surface area contributed by atoms with Crippen molar-refractivity contribution in [1.29, 1.82) is 0 Å². The highest BCUT2D eigenvalue weighted by molar-refractivity contribution is 5.95. The molecule has 92 valence electrons. The van der Waals surface area contributed by atoms with E-state index in [-0.39, 0.29) is 31.4 Å². The van der Waals surface area contributed by atoms with Crippen molar-refractivity contribution in [3.05, 3.63) is 24.3 Å². The van der Waals surface area contributed by atoms with Crippen molar-refractivity contribution >= 4 is 11.6 Å². The Morgan fingerprint density at radius 3 is 2.94 bits per heavy atom. The van der Waals surface area contributed by atoms with Crippen LogP contribution in [-0.4, -0.2) is 41.5 Å². The summed E-state index contributed by atoms with van der Waals surface area (Å²) < 4.78 is 5.31. The first kappa shape index (κ1) is 11.9. The maximum absolute atomic E-state index is 11.7. The minimum Gasteiger partial charge on any atom is -0.508 e. The number of phenols is 1. The van der Waals surface area contributed by atoms with Crippen LogP contribution in [0.25, 0.3) is 0 Å². The van der Waals surface area contributed by atoms with Gasteiger partial charge in [-0.25, -0.2) is 0 Å². The van der Waals surface area contributed by atoms with Crippen LogP contribution in [0.1, 0.15) is 6.92 Å². The Balaban J connectivity index is 2.27. The topological polar surface area (TPSA) is 70.0 Å². The second kappa shape index (κ2) is 4.35. The number of aliphatic hydroxyl groups is 1. The summed E-state index contributed by atoms with van der Waals surface area (Å²) in [5.74, 6) is -0.0750. The van der Waals surface area contributed by atoms with Crippen LogP contribution in [-0.2, 0) is 9.53 Å². The van der Waals surface area contributed by atoms with Gasteiger partial charge in [-0.15, -0.1) is 0 Å². The van der Waals surface area contributed by atoms with Crippen LogP contribution < -0.4 is 4.90 Å². The minimum absolute atomic E-state index is 0.0628. The van der Waals surface area contributed by atoms with Gasteiger partial charge in [0.05, 0.1) is 13.2 Å². The lowest BCUT2D eigenvalue weighted by atomic mass is 10.0. The lowest BCUT2D eigenvalue weighted by Gasteiger charge is -2.39. The van der Waals surface area contributed by atoms with E-state index in [0.717, 1.165) is 0 Å². The van der Waals surface area contributed by atoms with Crippen molar-refractivity contribution in [2.75, 3.05) is 24.7 Å². The Morgan fingerprint density at radius 2 is 2.29 bits per heavy atom. The van der Waals surface area contributed by atoms with Crippen LogP contribution in [0.15, 0.2) is 24.3 Å². The highest BCUT2D eigenvalue weighted by Crippen LogP contribution is 2.26. The largest absolute Gasteiger partial charge is 0.508 e. The molecule has 17 heavy (non-hydrogen) atoms. The molecule has 2 rings (SSSR count). The number of carbonyl (C=O) groups excluding carboxylic acids is 1. The van der Waals surface area contributed by atoms with E-state index in [9.17, 15) is 15.0 Å². The van der Waals surface area contributed by atoms with E-state index in [1.807, 2.05) is 0 Å². The SMILES string of the molecule is CC1(CO)CN(c2cccc(O)c2)C(=O)CO1. The summed E-state index contributed by atoms with van der Waals surface area (Å²) in [6.45, 7) is 1.79. The molecule has 1 fully saturated rings. The number of anilines is 1. The molecule has 0 bridgehead atoms. The monoisotopic (exact) mass is 237 g/mol. The summed E-state index contributed by atoms with van der Waals surface area (Å²) in [5, 5.41) is 18.6. The third-order valence-electron chi connectivity index (χ3n) is 2.81. The summed E-state index contributed by atoms with van der Waals surface area (Å²) in [6.07, 6.45) is 0. The molecule has 1 unspecified atom stereocenters. The van der Waals surface area contributed by atoms with Gasteiger partial charge >= 0.3 is 0 Å². The lowest BCUT2D eigenvalue weighted by molar-refractivity contribution is -0.141. The number of nitrogens with zero attached hydrogens (tertiary/aromatic N) is 1. The number of ether oxygens (including phenoxy) is 1. The molecular formula is C12H15NO4. The normalized spacial score (nSPS) is 25.1. The van der Waals surface area contributed by atoms with Crippen molar-refractivity contribution in [2.45, 2.75) is 12.5 Å². The number of hydrogen-bond acceptors (Lipinski definition) is 4. The molecule has 0 saturated carbocycles. The van der Waals surface area contributed by atoms with Gasteiger partial charge in [0.15, 0.2) is 0 Å². The number of carbonyl (C=O) groups is 1. The summed E-state index contributed by atoms with van der Waals surface area (Å²) in [5.41, 5.74) is -0.141. The molecular weight excluding hydrogens is 222 g/mol. The summed E-state index contributed by atoms with van der Waals surface area (Å²) >= 11 is 0. The number of amides is 1. The number of phenolic OH excluding ortho intramolecular Hbond substituents is 1.